The Kier molecular flexibility index (Phi) is 5.85. The summed E-state index contributed by atoms with van der Waals surface area (Å²) in [5, 5.41) is 21.6. The summed E-state index contributed by atoms with van der Waals surface area (Å²) in [6, 6.07) is 9.04. The molecule has 0 bridgehead atoms. The fraction of sp³-hybridized carbons (Fsp3) is 0.250. The Morgan fingerprint density at radius 2 is 1.13 bits per heavy atom. The Morgan fingerprint density at radius 1 is 0.667 bits per heavy atom. The van der Waals surface area contributed by atoms with Gasteiger partial charge in [-0.3, -0.25) is 20.2 Å². The lowest BCUT2D eigenvalue weighted by Gasteiger charge is -2.33. The van der Waals surface area contributed by atoms with Gasteiger partial charge < -0.3 is 0 Å². The summed E-state index contributed by atoms with van der Waals surface area (Å²) in [7, 11) is -7.99. The van der Waals surface area contributed by atoms with E-state index in [-0.39, 0.29) is 47.3 Å². The van der Waals surface area contributed by atoms with Crippen LogP contribution in [0.1, 0.15) is 0 Å². The van der Waals surface area contributed by atoms with Crippen LogP contribution < -0.4 is 0 Å². The van der Waals surface area contributed by atoms with E-state index in [9.17, 15) is 37.1 Å². The molecule has 12 nitrogen and oxygen atoms in total. The smallest absolute Gasteiger partial charge is 0.258 e. The number of non-ortho nitro benzene ring substituents is 2. The van der Waals surface area contributed by atoms with Crippen LogP contribution >= 0.6 is 0 Å². The van der Waals surface area contributed by atoms with E-state index in [1.165, 1.54) is 18.2 Å². The molecular formula is C16H16N4O8S2. The van der Waals surface area contributed by atoms with Crippen LogP contribution in [0.4, 0.5) is 11.4 Å². The minimum atomic E-state index is -4.03. The molecule has 0 radical (unpaired) electrons. The molecule has 0 atom stereocenters. The van der Waals surface area contributed by atoms with Crippen molar-refractivity contribution >= 4 is 31.4 Å². The summed E-state index contributed by atoms with van der Waals surface area (Å²) in [4.78, 5) is 19.9. The Balaban J connectivity index is 1.75. The first-order valence-corrected chi connectivity index (χ1v) is 11.4. The van der Waals surface area contributed by atoms with Crippen LogP contribution in [0.15, 0.2) is 58.3 Å². The Labute approximate surface area is 171 Å². The lowest BCUT2D eigenvalue weighted by atomic mass is 10.3. The van der Waals surface area contributed by atoms with Crippen LogP contribution in [-0.4, -0.2) is 61.5 Å². The normalized spacial score (nSPS) is 16.3. The van der Waals surface area contributed by atoms with E-state index in [4.69, 9.17) is 0 Å². The van der Waals surface area contributed by atoms with Crippen molar-refractivity contribution in [3.05, 3.63) is 68.8 Å². The Morgan fingerprint density at radius 3 is 1.60 bits per heavy atom. The summed E-state index contributed by atoms with van der Waals surface area (Å²) in [6.45, 7) is -0.546. The second-order valence-corrected chi connectivity index (χ2v) is 10.2. The molecule has 30 heavy (non-hydrogen) atoms. The van der Waals surface area contributed by atoms with Gasteiger partial charge >= 0.3 is 0 Å². The first kappa shape index (κ1) is 21.8. The number of hydrogen-bond donors (Lipinski definition) is 0. The second-order valence-electron chi connectivity index (χ2n) is 6.31. The van der Waals surface area contributed by atoms with Gasteiger partial charge in [0, 0.05) is 50.4 Å². The van der Waals surface area contributed by atoms with E-state index in [1.807, 2.05) is 0 Å². The molecule has 0 N–H and O–H groups in total. The number of rotatable bonds is 6. The maximum absolute atomic E-state index is 12.8. The molecule has 0 spiro atoms. The predicted molar refractivity (Wildman–Crippen MR) is 104 cm³/mol. The Hall–Kier alpha value is -2.94. The van der Waals surface area contributed by atoms with E-state index < -0.39 is 29.9 Å². The molecule has 0 aliphatic carbocycles. The minimum absolute atomic E-state index is 0.131. The molecule has 1 saturated heterocycles. The van der Waals surface area contributed by atoms with Crippen molar-refractivity contribution in [2.24, 2.45) is 0 Å². The van der Waals surface area contributed by atoms with Gasteiger partial charge in [0.15, 0.2) is 0 Å². The van der Waals surface area contributed by atoms with Gasteiger partial charge in [0.1, 0.15) is 0 Å². The summed E-state index contributed by atoms with van der Waals surface area (Å²) in [6.07, 6.45) is 0. The molecule has 2 aromatic rings. The van der Waals surface area contributed by atoms with Gasteiger partial charge in [-0.05, 0) is 18.2 Å². The van der Waals surface area contributed by atoms with Crippen molar-refractivity contribution in [1.82, 2.24) is 8.61 Å². The average Bonchev–Trinajstić information content (AvgIpc) is 2.74. The average molecular weight is 456 g/mol. The highest BCUT2D eigenvalue weighted by atomic mass is 32.2. The number of sulfonamides is 2. The molecule has 0 amide bonds. The van der Waals surface area contributed by atoms with E-state index in [0.29, 0.717) is 0 Å². The number of piperazine rings is 1. The van der Waals surface area contributed by atoms with Gasteiger partial charge in [-0.1, -0.05) is 6.07 Å². The zero-order valence-electron chi connectivity index (χ0n) is 15.3. The van der Waals surface area contributed by atoms with Crippen molar-refractivity contribution in [3.63, 3.8) is 0 Å². The van der Waals surface area contributed by atoms with Crippen molar-refractivity contribution in [3.8, 4) is 0 Å². The highest BCUT2D eigenvalue weighted by Gasteiger charge is 2.34. The van der Waals surface area contributed by atoms with Gasteiger partial charge in [-0.25, -0.2) is 16.8 Å². The summed E-state index contributed by atoms with van der Waals surface area (Å²) in [5.74, 6) is 0. The third kappa shape index (κ3) is 4.16. The highest BCUT2D eigenvalue weighted by Crippen LogP contribution is 2.25. The molecule has 0 aromatic heterocycles. The summed E-state index contributed by atoms with van der Waals surface area (Å²) in [5.41, 5.74) is -0.614. The monoisotopic (exact) mass is 456 g/mol. The minimum Gasteiger partial charge on any atom is -0.258 e. The fourth-order valence-corrected chi connectivity index (χ4v) is 5.83. The second kappa shape index (κ2) is 8.06. The van der Waals surface area contributed by atoms with Crippen LogP contribution in [-0.2, 0) is 20.0 Å². The number of nitro benzene ring substituents is 2. The number of nitrogens with zero attached hydrogens (tertiary/aromatic N) is 4. The topological polar surface area (TPSA) is 161 Å². The molecule has 0 unspecified atom stereocenters. The summed E-state index contributed by atoms with van der Waals surface area (Å²) < 4.78 is 53.1. The predicted octanol–water partition coefficient (Wildman–Crippen LogP) is 1.20. The highest BCUT2D eigenvalue weighted by molar-refractivity contribution is 7.89. The lowest BCUT2D eigenvalue weighted by molar-refractivity contribution is -0.385. The standard InChI is InChI=1S/C16H16N4O8S2/c21-19(22)13-4-6-15(7-5-13)29(25,26)17-8-10-18(11-9-17)30(27,28)16-3-1-2-14(12-16)20(23)24/h1-7,12H,8-11H2. The summed E-state index contributed by atoms with van der Waals surface area (Å²) >= 11 is 0. The molecule has 160 valence electrons. The number of nitro groups is 2. The van der Waals surface area contributed by atoms with Gasteiger partial charge in [0.05, 0.1) is 19.6 Å². The molecule has 3 rings (SSSR count). The first-order chi connectivity index (χ1) is 14.0. The van der Waals surface area contributed by atoms with Crippen molar-refractivity contribution in [1.29, 1.82) is 0 Å². The number of hydrogen-bond acceptors (Lipinski definition) is 8. The zero-order valence-corrected chi connectivity index (χ0v) is 17.0. The SMILES string of the molecule is O=[N+]([O-])c1ccc(S(=O)(=O)N2CCN(S(=O)(=O)c3cccc([N+](=O)[O-])c3)CC2)cc1. The van der Waals surface area contributed by atoms with Crippen LogP contribution in [0.3, 0.4) is 0 Å². The maximum Gasteiger partial charge on any atom is 0.270 e. The molecule has 1 aliphatic heterocycles. The van der Waals surface area contributed by atoms with Gasteiger partial charge in [0.25, 0.3) is 11.4 Å². The van der Waals surface area contributed by atoms with E-state index in [0.717, 1.165) is 38.9 Å². The van der Waals surface area contributed by atoms with Gasteiger partial charge in [-0.2, -0.15) is 8.61 Å². The van der Waals surface area contributed by atoms with Gasteiger partial charge in [0.2, 0.25) is 20.0 Å². The maximum atomic E-state index is 12.8. The molecule has 2 aromatic carbocycles. The van der Waals surface area contributed by atoms with E-state index >= 15 is 0 Å². The molecular weight excluding hydrogens is 440 g/mol. The number of benzene rings is 2. The lowest BCUT2D eigenvalue weighted by Crippen LogP contribution is -2.50. The molecule has 14 heteroatoms. The van der Waals surface area contributed by atoms with Crippen molar-refractivity contribution < 1.29 is 26.7 Å². The fourth-order valence-electron chi connectivity index (χ4n) is 2.95. The van der Waals surface area contributed by atoms with Crippen LogP contribution in [0.5, 0.6) is 0 Å². The molecule has 0 saturated carbocycles. The molecule has 1 fully saturated rings. The third-order valence-corrected chi connectivity index (χ3v) is 8.36. The largest absolute Gasteiger partial charge is 0.270 e. The van der Waals surface area contributed by atoms with Crippen molar-refractivity contribution in [2.45, 2.75) is 9.79 Å². The third-order valence-electron chi connectivity index (χ3n) is 4.55. The quantitative estimate of drug-likeness (QED) is 0.463. The first-order valence-electron chi connectivity index (χ1n) is 8.53. The molecule has 1 aliphatic rings. The van der Waals surface area contributed by atoms with Crippen LogP contribution in [0, 0.1) is 20.2 Å². The zero-order chi connectivity index (χ0) is 22.1. The molecule has 1 heterocycles. The van der Waals surface area contributed by atoms with E-state index in [2.05, 4.69) is 0 Å². The van der Waals surface area contributed by atoms with Crippen LogP contribution in [0.25, 0.3) is 0 Å². The Bertz CT molecular complexity index is 1190. The van der Waals surface area contributed by atoms with Crippen LogP contribution in [0.2, 0.25) is 0 Å². The van der Waals surface area contributed by atoms with Crippen molar-refractivity contribution in [2.75, 3.05) is 26.2 Å². The van der Waals surface area contributed by atoms with E-state index in [1.54, 1.807) is 0 Å². The van der Waals surface area contributed by atoms with Gasteiger partial charge in [-0.15, -0.1) is 0 Å².